The smallest absolute Gasteiger partial charge is 0.142 e. The standard InChI is InChI=1S/C15H21N3OSi/c1-20(2,3)7-6-19-11-18-5-4-12-8-13-9-16-10-14(13)17-15(12)18/h4-5,8,10H,6-7,9,11H2,1-3H3. The van der Waals surface area contributed by atoms with E-state index in [4.69, 9.17) is 4.74 Å². The van der Waals surface area contributed by atoms with E-state index in [0.717, 1.165) is 24.5 Å². The fourth-order valence-electron chi connectivity index (χ4n) is 2.28. The van der Waals surface area contributed by atoms with Crippen LogP contribution in [0.3, 0.4) is 0 Å². The van der Waals surface area contributed by atoms with E-state index in [1.807, 2.05) is 6.21 Å². The highest BCUT2D eigenvalue weighted by atomic mass is 28.3. The van der Waals surface area contributed by atoms with Crippen LogP contribution in [0, 0.1) is 0 Å². The minimum absolute atomic E-state index is 0.580. The molecule has 3 rings (SSSR count). The summed E-state index contributed by atoms with van der Waals surface area (Å²) in [6.07, 6.45) is 3.91. The van der Waals surface area contributed by atoms with Gasteiger partial charge in [0.05, 0.1) is 12.2 Å². The third-order valence-corrected chi connectivity index (χ3v) is 5.26. The Kier molecular flexibility index (Phi) is 3.48. The van der Waals surface area contributed by atoms with Gasteiger partial charge in [-0.15, -0.1) is 0 Å². The second-order valence-corrected chi connectivity index (χ2v) is 12.2. The summed E-state index contributed by atoms with van der Waals surface area (Å²) in [4.78, 5) is 8.95. The van der Waals surface area contributed by atoms with Gasteiger partial charge in [0.2, 0.25) is 0 Å². The lowest BCUT2D eigenvalue weighted by atomic mass is 10.2. The highest BCUT2D eigenvalue weighted by Crippen LogP contribution is 2.21. The average molecular weight is 287 g/mol. The van der Waals surface area contributed by atoms with Gasteiger partial charge in [-0.1, -0.05) is 19.6 Å². The van der Waals surface area contributed by atoms with Crippen molar-refractivity contribution in [2.75, 3.05) is 6.61 Å². The van der Waals surface area contributed by atoms with Crippen molar-refractivity contribution in [1.82, 2.24) is 9.55 Å². The van der Waals surface area contributed by atoms with Crippen molar-refractivity contribution in [3.05, 3.63) is 29.6 Å². The van der Waals surface area contributed by atoms with Gasteiger partial charge in [-0.2, -0.15) is 0 Å². The maximum atomic E-state index is 5.81. The van der Waals surface area contributed by atoms with Gasteiger partial charge >= 0.3 is 0 Å². The quantitative estimate of drug-likeness (QED) is 0.625. The molecule has 1 aliphatic heterocycles. The molecule has 0 spiro atoms. The zero-order chi connectivity index (χ0) is 14.2. The first-order valence-corrected chi connectivity index (χ1v) is 10.8. The van der Waals surface area contributed by atoms with E-state index in [-0.39, 0.29) is 0 Å². The summed E-state index contributed by atoms with van der Waals surface area (Å²) in [5.74, 6) is 0. The molecule has 5 heteroatoms. The summed E-state index contributed by atoms with van der Waals surface area (Å²) >= 11 is 0. The molecule has 0 amide bonds. The average Bonchev–Trinajstić information content (AvgIpc) is 2.97. The summed E-state index contributed by atoms with van der Waals surface area (Å²) in [7, 11) is -1.01. The van der Waals surface area contributed by atoms with Gasteiger partial charge < -0.3 is 9.30 Å². The van der Waals surface area contributed by atoms with E-state index in [1.165, 1.54) is 17.0 Å². The highest BCUT2D eigenvalue weighted by molar-refractivity contribution is 6.76. The number of nitrogens with zero attached hydrogens (tertiary/aromatic N) is 3. The molecule has 3 heterocycles. The van der Waals surface area contributed by atoms with Crippen LogP contribution in [0.2, 0.25) is 25.7 Å². The number of ether oxygens (including phenoxy) is 1. The number of hydrogen-bond acceptors (Lipinski definition) is 3. The normalized spacial score (nSPS) is 14.2. The molecule has 0 bridgehead atoms. The van der Waals surface area contributed by atoms with Gasteiger partial charge in [0, 0.05) is 38.0 Å². The van der Waals surface area contributed by atoms with Crippen LogP contribution in [0.25, 0.3) is 11.0 Å². The van der Waals surface area contributed by atoms with Gasteiger partial charge in [-0.25, -0.2) is 4.98 Å². The van der Waals surface area contributed by atoms with Crippen LogP contribution in [0.15, 0.2) is 23.3 Å². The summed E-state index contributed by atoms with van der Waals surface area (Å²) in [5, 5.41) is 1.17. The molecular weight excluding hydrogens is 266 g/mol. The van der Waals surface area contributed by atoms with E-state index >= 15 is 0 Å². The van der Waals surface area contributed by atoms with Gasteiger partial charge in [0.1, 0.15) is 12.4 Å². The number of aliphatic imine (C=N–C) groups is 1. The van der Waals surface area contributed by atoms with Gasteiger partial charge in [0.25, 0.3) is 0 Å². The third kappa shape index (κ3) is 2.83. The van der Waals surface area contributed by atoms with Crippen molar-refractivity contribution in [2.24, 2.45) is 4.99 Å². The summed E-state index contributed by atoms with van der Waals surface area (Å²) in [6.45, 7) is 9.28. The van der Waals surface area contributed by atoms with Crippen LogP contribution in [-0.2, 0) is 18.0 Å². The molecule has 0 saturated carbocycles. The van der Waals surface area contributed by atoms with E-state index in [0.29, 0.717) is 6.73 Å². The fourth-order valence-corrected chi connectivity index (χ4v) is 3.04. The number of hydrogen-bond donors (Lipinski definition) is 0. The molecule has 0 unspecified atom stereocenters. The minimum atomic E-state index is -1.01. The van der Waals surface area contributed by atoms with Gasteiger partial charge in [-0.05, 0) is 18.2 Å². The molecule has 2 aromatic rings. The topological polar surface area (TPSA) is 39.4 Å². The van der Waals surface area contributed by atoms with Crippen LogP contribution in [0.1, 0.15) is 11.3 Å². The highest BCUT2D eigenvalue weighted by Gasteiger charge is 2.13. The number of rotatable bonds is 5. The predicted octanol–water partition coefficient (Wildman–Crippen LogP) is 3.28. The van der Waals surface area contributed by atoms with Crippen molar-refractivity contribution in [2.45, 2.75) is 39.0 Å². The van der Waals surface area contributed by atoms with E-state index in [2.05, 4.69) is 52.5 Å². The maximum Gasteiger partial charge on any atom is 0.142 e. The second-order valence-electron chi connectivity index (χ2n) is 6.55. The Labute approximate surface area is 120 Å². The Hall–Kier alpha value is -1.46. The van der Waals surface area contributed by atoms with Crippen molar-refractivity contribution in [3.63, 3.8) is 0 Å². The van der Waals surface area contributed by atoms with E-state index in [1.54, 1.807) is 0 Å². The van der Waals surface area contributed by atoms with Crippen LogP contribution in [0.4, 0.5) is 0 Å². The lowest BCUT2D eigenvalue weighted by molar-refractivity contribution is 0.0899. The molecule has 0 N–H and O–H groups in total. The zero-order valence-electron chi connectivity index (χ0n) is 12.4. The van der Waals surface area contributed by atoms with Crippen LogP contribution < -0.4 is 0 Å². The molecule has 0 radical (unpaired) electrons. The molecule has 0 fully saturated rings. The Balaban J connectivity index is 1.71. The maximum absolute atomic E-state index is 5.81. The first-order valence-electron chi connectivity index (χ1n) is 7.09. The number of aromatic nitrogens is 2. The molecule has 0 atom stereocenters. The van der Waals surface area contributed by atoms with Crippen LogP contribution >= 0.6 is 0 Å². The Bertz CT molecular complexity index is 655. The first-order chi connectivity index (χ1) is 9.53. The summed E-state index contributed by atoms with van der Waals surface area (Å²) < 4.78 is 7.88. The fraction of sp³-hybridized carbons (Fsp3) is 0.467. The van der Waals surface area contributed by atoms with E-state index < -0.39 is 8.07 Å². The molecule has 2 aromatic heterocycles. The second kappa shape index (κ2) is 5.14. The van der Waals surface area contributed by atoms with Crippen LogP contribution in [0.5, 0.6) is 0 Å². The molecule has 0 aliphatic carbocycles. The largest absolute Gasteiger partial charge is 0.361 e. The summed E-state index contributed by atoms with van der Waals surface area (Å²) in [6, 6.07) is 5.48. The molecule has 4 nitrogen and oxygen atoms in total. The molecule has 0 aromatic carbocycles. The predicted molar refractivity (Wildman–Crippen MR) is 85.1 cm³/mol. The van der Waals surface area contributed by atoms with Crippen molar-refractivity contribution < 1.29 is 4.74 Å². The lowest BCUT2D eigenvalue weighted by Gasteiger charge is -2.15. The van der Waals surface area contributed by atoms with Crippen molar-refractivity contribution in [1.29, 1.82) is 0 Å². The lowest BCUT2D eigenvalue weighted by Crippen LogP contribution is -2.22. The molecule has 0 saturated heterocycles. The van der Waals surface area contributed by atoms with Crippen LogP contribution in [-0.4, -0.2) is 30.4 Å². The minimum Gasteiger partial charge on any atom is -0.361 e. The molecule has 20 heavy (non-hydrogen) atoms. The van der Waals surface area contributed by atoms with Gasteiger partial charge in [-0.3, -0.25) is 4.99 Å². The SMILES string of the molecule is C[Si](C)(C)CCOCn1ccc2cc3c(nc21)C=NC3. The Morgan fingerprint density at radius 3 is 3.00 bits per heavy atom. The first kappa shape index (κ1) is 13.5. The zero-order valence-corrected chi connectivity index (χ0v) is 13.4. The summed E-state index contributed by atoms with van der Waals surface area (Å²) in [5.41, 5.74) is 3.21. The number of pyridine rings is 1. The Morgan fingerprint density at radius 2 is 2.20 bits per heavy atom. The van der Waals surface area contributed by atoms with E-state index in [9.17, 15) is 0 Å². The third-order valence-electron chi connectivity index (χ3n) is 3.55. The molecular formula is C15H21N3OSi. The molecule has 106 valence electrons. The monoisotopic (exact) mass is 287 g/mol. The number of fused-ring (bicyclic) bond motifs is 2. The van der Waals surface area contributed by atoms with Crippen molar-refractivity contribution >= 4 is 25.3 Å². The van der Waals surface area contributed by atoms with Gasteiger partial charge in [0.15, 0.2) is 0 Å². The molecule has 1 aliphatic rings. The Morgan fingerprint density at radius 1 is 1.35 bits per heavy atom. The van der Waals surface area contributed by atoms with Crippen molar-refractivity contribution in [3.8, 4) is 0 Å².